The average Bonchev–Trinajstić information content (AvgIpc) is 2.57. The molecule has 2 nitrogen and oxygen atoms in total. The van der Waals surface area contributed by atoms with Crippen molar-refractivity contribution in [2.75, 3.05) is 6.66 Å². The van der Waals surface area contributed by atoms with Gasteiger partial charge in [0.2, 0.25) is 0 Å². The fourth-order valence-corrected chi connectivity index (χ4v) is 4.55. The van der Waals surface area contributed by atoms with Crippen LogP contribution in [-0.2, 0) is 0 Å². The van der Waals surface area contributed by atoms with Crippen LogP contribution in [0.1, 0.15) is 0 Å². The van der Waals surface area contributed by atoms with E-state index in [0.29, 0.717) is 0 Å². The molecule has 0 saturated carbocycles. The van der Waals surface area contributed by atoms with Gasteiger partial charge in [-0.2, -0.15) is 0 Å². The molecule has 0 fully saturated rings. The van der Waals surface area contributed by atoms with E-state index in [1.807, 2.05) is 78.9 Å². The molecule has 0 N–H and O–H groups in total. The molecular weight excluding hydrogens is 291 g/mol. The molecule has 0 heterocycles. The summed E-state index contributed by atoms with van der Waals surface area (Å²) in [4.78, 5) is 0. The topological polar surface area (TPSA) is 18.5 Å². The van der Waals surface area contributed by atoms with Gasteiger partial charge < -0.3 is 0 Å². The van der Waals surface area contributed by atoms with Gasteiger partial charge in [0.25, 0.3) is 0 Å². The number of hydrogen-bond donors (Lipinski definition) is 0. The van der Waals surface area contributed by atoms with Crippen LogP contribution in [0, 0.1) is 0 Å². The molecule has 0 amide bonds. The third kappa shape index (κ3) is 3.47. The van der Waals surface area contributed by atoms with Crippen molar-refractivity contribution in [3.05, 3.63) is 91.0 Å². The monoisotopic (exact) mass is 310 g/mol. The second-order valence-corrected chi connectivity index (χ2v) is 8.02. The molecule has 0 aliphatic carbocycles. The summed E-state index contributed by atoms with van der Waals surface area (Å²) in [6, 6.07) is 29.9. The Kier molecular flexibility index (Phi) is 4.41. The summed E-state index contributed by atoms with van der Waals surface area (Å²) in [6.45, 7) is 2.07. The number of rotatable bonds is 5. The normalized spacial score (nSPS) is 11.7. The molecule has 112 valence electrons. The van der Waals surface area contributed by atoms with Crippen LogP contribution in [-0.4, -0.2) is 6.66 Å². The molecule has 0 atom stereocenters. The first kappa shape index (κ1) is 14.6. The van der Waals surface area contributed by atoms with E-state index in [1.54, 1.807) is 0 Å². The Morgan fingerprint density at radius 1 is 0.545 bits per heavy atom. The molecule has 0 aliphatic rings. The Morgan fingerprint density at radius 2 is 0.909 bits per heavy atom. The molecule has 3 aromatic carbocycles. The Morgan fingerprint density at radius 3 is 1.32 bits per heavy atom. The fraction of sp³-hybridized carbons (Fsp3) is 0.0526. The van der Waals surface area contributed by atoms with E-state index < -0.39 is 7.72 Å². The molecule has 3 aromatic rings. The Bertz CT molecular complexity index is 658. The summed E-state index contributed by atoms with van der Waals surface area (Å²) in [5.74, 6) is 1.66. The van der Waals surface area contributed by atoms with Gasteiger partial charge in [-0.1, -0.05) is 0 Å². The van der Waals surface area contributed by atoms with Gasteiger partial charge in [-0.05, 0) is 0 Å². The van der Waals surface area contributed by atoms with Crippen molar-refractivity contribution in [1.82, 2.24) is 0 Å². The SMILES string of the molecule is C[PH](Oc1ccccc1)(Oc1ccccc1)c1ccccc1. The van der Waals surface area contributed by atoms with Crippen LogP contribution in [0.25, 0.3) is 0 Å². The van der Waals surface area contributed by atoms with E-state index >= 15 is 0 Å². The van der Waals surface area contributed by atoms with Gasteiger partial charge >= 0.3 is 131 Å². The molecule has 3 rings (SSSR count). The third-order valence-corrected chi connectivity index (χ3v) is 6.04. The van der Waals surface area contributed by atoms with Crippen LogP contribution in [0.4, 0.5) is 0 Å². The van der Waals surface area contributed by atoms with E-state index in [0.717, 1.165) is 16.8 Å². The molecule has 22 heavy (non-hydrogen) atoms. The van der Waals surface area contributed by atoms with E-state index in [-0.39, 0.29) is 0 Å². The molecule has 0 saturated heterocycles. The van der Waals surface area contributed by atoms with E-state index in [1.165, 1.54) is 0 Å². The van der Waals surface area contributed by atoms with Gasteiger partial charge in [0.1, 0.15) is 0 Å². The van der Waals surface area contributed by atoms with Crippen LogP contribution >= 0.6 is 7.72 Å². The molecule has 0 aliphatic heterocycles. The zero-order valence-electron chi connectivity index (χ0n) is 12.5. The third-order valence-electron chi connectivity index (χ3n) is 3.41. The van der Waals surface area contributed by atoms with Crippen LogP contribution in [0.15, 0.2) is 91.0 Å². The molecule has 0 unspecified atom stereocenters. The fourth-order valence-electron chi connectivity index (χ4n) is 2.31. The van der Waals surface area contributed by atoms with E-state index in [4.69, 9.17) is 9.05 Å². The standard InChI is InChI=1S/C19H19O2P/c1-22(19-15-9-4-10-16-19,20-17-11-5-2-6-12-17)21-18-13-7-3-8-14-18/h2-16,22H,1H3. The zero-order valence-corrected chi connectivity index (χ0v) is 13.5. The first-order valence-corrected chi connectivity index (χ1v) is 9.62. The van der Waals surface area contributed by atoms with E-state index in [9.17, 15) is 0 Å². The van der Waals surface area contributed by atoms with Crippen molar-refractivity contribution in [1.29, 1.82) is 0 Å². The van der Waals surface area contributed by atoms with Gasteiger partial charge in [-0.3, -0.25) is 0 Å². The van der Waals surface area contributed by atoms with Crippen molar-refractivity contribution in [3.63, 3.8) is 0 Å². The van der Waals surface area contributed by atoms with Crippen LogP contribution in [0.2, 0.25) is 0 Å². The summed E-state index contributed by atoms with van der Waals surface area (Å²) in [5, 5.41) is 1.10. The molecule has 0 spiro atoms. The Labute approximate surface area is 131 Å². The molecule has 3 heteroatoms. The Hall–Kier alpha value is -2.31. The van der Waals surface area contributed by atoms with Crippen LogP contribution < -0.4 is 14.4 Å². The maximum atomic E-state index is 6.31. The quantitative estimate of drug-likeness (QED) is 0.637. The summed E-state index contributed by atoms with van der Waals surface area (Å²) in [7, 11) is -2.61. The second kappa shape index (κ2) is 6.64. The molecule has 0 aromatic heterocycles. The van der Waals surface area contributed by atoms with Crippen molar-refractivity contribution < 1.29 is 9.05 Å². The number of para-hydroxylation sites is 2. The Balaban J connectivity index is 1.95. The van der Waals surface area contributed by atoms with Gasteiger partial charge in [-0.15, -0.1) is 0 Å². The van der Waals surface area contributed by atoms with Crippen LogP contribution in [0.3, 0.4) is 0 Å². The first-order valence-electron chi connectivity index (χ1n) is 7.30. The van der Waals surface area contributed by atoms with Crippen molar-refractivity contribution in [3.8, 4) is 11.5 Å². The van der Waals surface area contributed by atoms with Crippen molar-refractivity contribution in [2.45, 2.75) is 0 Å². The summed E-state index contributed by atoms with van der Waals surface area (Å²) >= 11 is 0. The minimum absolute atomic E-state index is 0.830. The summed E-state index contributed by atoms with van der Waals surface area (Å²) < 4.78 is 12.6. The van der Waals surface area contributed by atoms with Gasteiger partial charge in [0.05, 0.1) is 0 Å². The van der Waals surface area contributed by atoms with E-state index in [2.05, 4.69) is 18.8 Å². The maximum absolute atomic E-state index is 6.31. The average molecular weight is 310 g/mol. The number of benzene rings is 3. The molecular formula is C19H19O2P. The second-order valence-electron chi connectivity index (χ2n) is 5.14. The predicted octanol–water partition coefficient (Wildman–Crippen LogP) is 4.68. The van der Waals surface area contributed by atoms with Gasteiger partial charge in [0.15, 0.2) is 0 Å². The summed E-state index contributed by atoms with van der Waals surface area (Å²) in [6.07, 6.45) is 0. The predicted molar refractivity (Wildman–Crippen MR) is 94.5 cm³/mol. The molecule has 0 radical (unpaired) electrons. The first-order chi connectivity index (χ1) is 10.8. The van der Waals surface area contributed by atoms with Crippen molar-refractivity contribution >= 4 is 13.0 Å². The van der Waals surface area contributed by atoms with Crippen molar-refractivity contribution in [2.24, 2.45) is 0 Å². The van der Waals surface area contributed by atoms with Gasteiger partial charge in [-0.25, -0.2) is 0 Å². The molecule has 0 bridgehead atoms. The number of hydrogen-bond acceptors (Lipinski definition) is 2. The van der Waals surface area contributed by atoms with Crippen LogP contribution in [0.5, 0.6) is 11.5 Å². The zero-order chi connectivity index (χ0) is 15.3. The van der Waals surface area contributed by atoms with Gasteiger partial charge in [0, 0.05) is 0 Å². The minimum atomic E-state index is -2.61. The summed E-state index contributed by atoms with van der Waals surface area (Å²) in [5.41, 5.74) is 0.